The van der Waals surface area contributed by atoms with Crippen LogP contribution in [0.5, 0.6) is 0 Å². The topological polar surface area (TPSA) is 101 Å². The molecule has 0 aromatic rings. The van der Waals surface area contributed by atoms with Crippen molar-refractivity contribution in [3.05, 3.63) is 0 Å². The lowest BCUT2D eigenvalue weighted by Gasteiger charge is -2.59. The number of nitrogens with one attached hydrogen (secondary N) is 3. The van der Waals surface area contributed by atoms with Crippen LogP contribution in [0.3, 0.4) is 0 Å². The zero-order valence-corrected chi connectivity index (χ0v) is 25.9. The molecule has 0 spiro atoms. The van der Waals surface area contributed by atoms with Crippen LogP contribution < -0.4 is 10.7 Å². The molecule has 4 heterocycles. The van der Waals surface area contributed by atoms with Crippen molar-refractivity contribution in [2.45, 2.75) is 100 Å². The van der Waals surface area contributed by atoms with Gasteiger partial charge in [-0.25, -0.2) is 14.6 Å². The standard InChI is InChI=1S/C27H46ClF3N6O3S/c1-26(16-40-3)10-11-36(20-15-33-22-14-21(28)34-37(22)24(20)26)19-6-4-17(5-7-19)23(27(29,30)31)35(2)25(38)18-8-12-41(32,39)13-9-18/h17-24,32-34H,4-16H2,1-3H3/t17?,18?,19?,20?,21?,22?,23-,24?,26+,41?/m0/s1. The first-order valence-corrected chi connectivity index (χ1v) is 17.3. The number of hydrogen-bond acceptors (Lipinski definition) is 8. The molecule has 5 fully saturated rings. The van der Waals surface area contributed by atoms with E-state index in [1.54, 1.807) is 7.11 Å². The second kappa shape index (κ2) is 12.0. The van der Waals surface area contributed by atoms with Gasteiger partial charge in [-0.1, -0.05) is 6.92 Å². The Kier molecular flexibility index (Phi) is 9.29. The molecule has 4 unspecified atom stereocenters. The number of carbonyl (C=O) groups excluding carboxylic acids is 1. The highest BCUT2D eigenvalue weighted by atomic mass is 35.5. The van der Waals surface area contributed by atoms with E-state index in [0.29, 0.717) is 32.3 Å². The highest BCUT2D eigenvalue weighted by Crippen LogP contribution is 2.45. The van der Waals surface area contributed by atoms with E-state index in [1.165, 1.54) is 7.05 Å². The van der Waals surface area contributed by atoms with Gasteiger partial charge in [-0.15, -0.1) is 11.6 Å². The number of carbonyl (C=O) groups is 1. The molecule has 1 aliphatic carbocycles. The quantitative estimate of drug-likeness (QED) is 0.308. The predicted molar refractivity (Wildman–Crippen MR) is 152 cm³/mol. The molecule has 0 radical (unpaired) electrons. The van der Waals surface area contributed by atoms with Gasteiger partial charge in [0.25, 0.3) is 0 Å². The molecule has 236 valence electrons. The van der Waals surface area contributed by atoms with E-state index in [1.807, 2.05) is 0 Å². The van der Waals surface area contributed by atoms with Crippen molar-refractivity contribution < 1.29 is 26.9 Å². The van der Waals surface area contributed by atoms with E-state index in [2.05, 4.69) is 27.6 Å². The Bertz CT molecular complexity index is 1050. The van der Waals surface area contributed by atoms with Crippen molar-refractivity contribution in [3.63, 3.8) is 0 Å². The fraction of sp³-hybridized carbons (Fsp3) is 0.963. The van der Waals surface area contributed by atoms with Gasteiger partial charge in [0.15, 0.2) is 0 Å². The molecule has 3 N–H and O–H groups in total. The Hall–Kier alpha value is -0.700. The van der Waals surface area contributed by atoms with E-state index in [9.17, 15) is 22.2 Å². The maximum atomic E-state index is 14.5. The second-order valence-electron chi connectivity index (χ2n) is 13.2. The van der Waals surface area contributed by atoms with Crippen LogP contribution in [0.1, 0.15) is 58.3 Å². The number of alkyl halides is 4. The molecule has 9 nitrogen and oxygen atoms in total. The molecule has 0 aromatic carbocycles. The maximum absolute atomic E-state index is 14.5. The lowest BCUT2D eigenvalue weighted by Crippen LogP contribution is -2.75. The minimum atomic E-state index is -4.53. The molecule has 41 heavy (non-hydrogen) atoms. The summed E-state index contributed by atoms with van der Waals surface area (Å²) >= 11 is 6.49. The van der Waals surface area contributed by atoms with E-state index < -0.39 is 39.7 Å². The van der Waals surface area contributed by atoms with Gasteiger partial charge >= 0.3 is 6.18 Å². The third-order valence-electron chi connectivity index (χ3n) is 10.5. The van der Waals surface area contributed by atoms with Crippen molar-refractivity contribution in [2.24, 2.45) is 17.3 Å². The summed E-state index contributed by atoms with van der Waals surface area (Å²) < 4.78 is 68.8. The molecular weight excluding hydrogens is 581 g/mol. The highest BCUT2D eigenvalue weighted by molar-refractivity contribution is 7.92. The third kappa shape index (κ3) is 6.42. The van der Waals surface area contributed by atoms with Crippen molar-refractivity contribution >= 4 is 27.2 Å². The van der Waals surface area contributed by atoms with E-state index in [4.69, 9.17) is 21.1 Å². The van der Waals surface area contributed by atoms with Gasteiger partial charge in [0, 0.05) is 71.8 Å². The third-order valence-corrected chi connectivity index (χ3v) is 12.6. The molecule has 1 saturated carbocycles. The molecule has 1 amide bonds. The number of likely N-dealkylation sites (tertiary alicyclic amines) is 1. The summed E-state index contributed by atoms with van der Waals surface area (Å²) in [4.78, 5) is 16.6. The van der Waals surface area contributed by atoms with E-state index in [-0.39, 0.29) is 59.6 Å². The number of methoxy groups -OCH3 is 1. The SMILES string of the molecule is COC[C@@]1(C)CCN(C2CCC([C@H](N(C)C(=O)C3CCS(=N)(=O)CC3)C(F)(F)F)CC2)C2CNC3CC(Cl)NN3C21. The average molecular weight is 627 g/mol. The first-order valence-electron chi connectivity index (χ1n) is 15.0. The summed E-state index contributed by atoms with van der Waals surface area (Å²) in [7, 11) is 0.301. The summed E-state index contributed by atoms with van der Waals surface area (Å²) in [6.07, 6.45) is -0.110. The van der Waals surface area contributed by atoms with Crippen LogP contribution >= 0.6 is 11.6 Å². The number of hydrogen-bond donors (Lipinski definition) is 3. The fourth-order valence-electron chi connectivity index (χ4n) is 8.50. The lowest BCUT2D eigenvalue weighted by atomic mass is 9.70. The first kappa shape index (κ1) is 31.7. The molecule has 14 heteroatoms. The van der Waals surface area contributed by atoms with Gasteiger partial charge in [0.2, 0.25) is 5.91 Å². The Morgan fingerprint density at radius 1 is 1.22 bits per heavy atom. The normalized spacial score (nSPS) is 43.2. The van der Waals surface area contributed by atoms with Crippen LogP contribution in [0.25, 0.3) is 0 Å². The number of rotatable bonds is 6. The summed E-state index contributed by atoms with van der Waals surface area (Å²) in [6.45, 7) is 4.55. The molecule has 5 rings (SSSR count). The Morgan fingerprint density at radius 2 is 1.88 bits per heavy atom. The Balaban J connectivity index is 1.27. The largest absolute Gasteiger partial charge is 0.409 e. The molecule has 4 aliphatic heterocycles. The second-order valence-corrected chi connectivity index (χ2v) is 16.2. The zero-order valence-electron chi connectivity index (χ0n) is 24.3. The molecule has 6 atom stereocenters. The maximum Gasteiger partial charge on any atom is 0.409 e. The van der Waals surface area contributed by atoms with Crippen molar-refractivity contribution in [3.8, 4) is 0 Å². The van der Waals surface area contributed by atoms with Gasteiger partial charge in [-0.05, 0) is 57.4 Å². The van der Waals surface area contributed by atoms with E-state index in [0.717, 1.165) is 30.8 Å². The van der Waals surface area contributed by atoms with Crippen LogP contribution in [0.15, 0.2) is 0 Å². The monoisotopic (exact) mass is 626 g/mol. The van der Waals surface area contributed by atoms with Crippen LogP contribution in [-0.4, -0.2) is 112 Å². The van der Waals surface area contributed by atoms with Crippen LogP contribution in [0.4, 0.5) is 13.2 Å². The van der Waals surface area contributed by atoms with Gasteiger partial charge in [-0.2, -0.15) is 13.2 Å². The zero-order chi connectivity index (χ0) is 29.7. The smallest absolute Gasteiger partial charge is 0.384 e. The number of ether oxygens (including phenoxy) is 1. The Morgan fingerprint density at radius 3 is 2.49 bits per heavy atom. The summed E-state index contributed by atoms with van der Waals surface area (Å²) in [5.41, 5.74) is 3.22. The van der Waals surface area contributed by atoms with Gasteiger partial charge < -0.3 is 9.64 Å². The molecule has 0 bridgehead atoms. The molecule has 5 aliphatic rings. The van der Waals surface area contributed by atoms with Crippen LogP contribution in [-0.2, 0) is 19.3 Å². The number of fused-ring (bicyclic) bond motifs is 3. The fourth-order valence-corrected chi connectivity index (χ4v) is 10.3. The number of hydrazine groups is 1. The van der Waals surface area contributed by atoms with Gasteiger partial charge in [0.05, 0.1) is 24.3 Å². The van der Waals surface area contributed by atoms with Crippen molar-refractivity contribution in [2.75, 3.05) is 45.4 Å². The predicted octanol–water partition coefficient (Wildman–Crippen LogP) is 3.19. The number of nitrogens with zero attached hydrogens (tertiary/aromatic N) is 3. The number of halogens is 4. The minimum Gasteiger partial charge on any atom is -0.384 e. The van der Waals surface area contributed by atoms with Crippen molar-refractivity contribution in [1.82, 2.24) is 25.6 Å². The summed E-state index contributed by atoms with van der Waals surface area (Å²) in [5.74, 6) is -1.63. The summed E-state index contributed by atoms with van der Waals surface area (Å²) in [6, 6.07) is -1.32. The summed E-state index contributed by atoms with van der Waals surface area (Å²) in [5, 5.41) is 5.91. The van der Waals surface area contributed by atoms with Crippen LogP contribution in [0.2, 0.25) is 0 Å². The number of amides is 1. The average Bonchev–Trinajstić information content (AvgIpc) is 3.28. The molecular formula is C27H46ClF3N6O3S. The van der Waals surface area contributed by atoms with Gasteiger partial charge in [-0.3, -0.25) is 19.8 Å². The van der Waals surface area contributed by atoms with E-state index >= 15 is 0 Å². The highest BCUT2D eigenvalue weighted by Gasteiger charge is 2.56. The van der Waals surface area contributed by atoms with Gasteiger partial charge in [0.1, 0.15) is 6.04 Å². The number of piperidine rings is 1. The molecule has 4 saturated heterocycles. The first-order chi connectivity index (χ1) is 19.2. The van der Waals surface area contributed by atoms with Crippen molar-refractivity contribution in [1.29, 1.82) is 4.78 Å². The lowest BCUT2D eigenvalue weighted by molar-refractivity contribution is -0.203. The molecule has 0 aromatic heterocycles. The van der Waals surface area contributed by atoms with Crippen LogP contribution in [0, 0.1) is 22.0 Å². The Labute approximate surface area is 247 Å². The minimum absolute atomic E-state index is 0.0779.